The average molecular weight is 624 g/mol. The van der Waals surface area contributed by atoms with Crippen molar-refractivity contribution in [3.05, 3.63) is 144 Å². The Hall–Kier alpha value is -2.78. The topological polar surface area (TPSA) is 66.4 Å². The Labute approximate surface area is 263 Å². The van der Waals surface area contributed by atoms with Crippen molar-refractivity contribution in [2.75, 3.05) is 6.61 Å². The number of benzene rings is 4. The maximum atomic E-state index is 11.9. The standard InChI is InChI=1S/C35H36Cl2O6/c36-34(37)35(38)33(42-24-29-19-11-4-12-20-29)32(41-23-28-17-9-3-10-18-28)31(40-22-27-15-7-2-8-16-27)30(43-35)25-39-21-26-13-5-1-6-14-26/h1-20,30-34,38H,21-25H2/t30-,31-,32+,33-,35?/m1/s1. The van der Waals surface area contributed by atoms with Crippen LogP contribution in [-0.2, 0) is 50.1 Å². The van der Waals surface area contributed by atoms with E-state index in [0.717, 1.165) is 22.3 Å². The number of aliphatic hydroxyl groups is 1. The molecule has 6 nitrogen and oxygen atoms in total. The van der Waals surface area contributed by atoms with E-state index in [1.165, 1.54) is 0 Å². The summed E-state index contributed by atoms with van der Waals surface area (Å²) >= 11 is 12.9. The molecule has 5 atom stereocenters. The fourth-order valence-electron chi connectivity index (χ4n) is 5.06. The lowest BCUT2D eigenvalue weighted by Crippen LogP contribution is -2.69. The van der Waals surface area contributed by atoms with Crippen molar-refractivity contribution in [1.29, 1.82) is 0 Å². The third-order valence-electron chi connectivity index (χ3n) is 7.29. The molecule has 1 aliphatic rings. The van der Waals surface area contributed by atoms with Gasteiger partial charge in [0.25, 0.3) is 0 Å². The Morgan fingerprint density at radius 3 is 1.42 bits per heavy atom. The van der Waals surface area contributed by atoms with E-state index in [-0.39, 0.29) is 26.4 Å². The molecule has 0 saturated carbocycles. The van der Waals surface area contributed by atoms with Crippen LogP contribution in [0.3, 0.4) is 0 Å². The van der Waals surface area contributed by atoms with Gasteiger partial charge in [0.05, 0.1) is 33.0 Å². The number of hydrogen-bond donors (Lipinski definition) is 1. The van der Waals surface area contributed by atoms with Crippen LogP contribution in [0.25, 0.3) is 0 Å². The van der Waals surface area contributed by atoms with Gasteiger partial charge in [-0.2, -0.15) is 0 Å². The summed E-state index contributed by atoms with van der Waals surface area (Å²) in [6, 6.07) is 39.1. The molecule has 0 radical (unpaired) electrons. The molecule has 43 heavy (non-hydrogen) atoms. The highest BCUT2D eigenvalue weighted by molar-refractivity contribution is 6.45. The van der Waals surface area contributed by atoms with Gasteiger partial charge in [0.2, 0.25) is 5.79 Å². The Balaban J connectivity index is 1.45. The lowest BCUT2D eigenvalue weighted by Gasteiger charge is -2.50. The first kappa shape index (κ1) is 31.6. The molecule has 0 aliphatic carbocycles. The summed E-state index contributed by atoms with van der Waals surface area (Å²) in [7, 11) is 0. The summed E-state index contributed by atoms with van der Waals surface area (Å²) in [5.41, 5.74) is 3.83. The third kappa shape index (κ3) is 8.66. The second kappa shape index (κ2) is 15.8. The van der Waals surface area contributed by atoms with E-state index in [0.29, 0.717) is 6.61 Å². The quantitative estimate of drug-likeness (QED) is 0.155. The highest BCUT2D eigenvalue weighted by Crippen LogP contribution is 2.40. The molecule has 0 bridgehead atoms. The van der Waals surface area contributed by atoms with Crippen LogP contribution >= 0.6 is 23.2 Å². The second-order valence-electron chi connectivity index (χ2n) is 10.4. The van der Waals surface area contributed by atoms with Crippen molar-refractivity contribution in [2.24, 2.45) is 0 Å². The van der Waals surface area contributed by atoms with Gasteiger partial charge in [-0.25, -0.2) is 0 Å². The molecule has 0 amide bonds. The molecule has 1 fully saturated rings. The van der Waals surface area contributed by atoms with Gasteiger partial charge in [-0.3, -0.25) is 0 Å². The summed E-state index contributed by atoms with van der Waals surface area (Å²) in [5.74, 6) is -2.12. The van der Waals surface area contributed by atoms with E-state index in [1.54, 1.807) is 0 Å². The Morgan fingerprint density at radius 1 is 0.581 bits per heavy atom. The molecule has 0 aromatic heterocycles. The molecule has 0 spiro atoms. The molecular formula is C35H36Cl2O6. The van der Waals surface area contributed by atoms with Crippen molar-refractivity contribution in [2.45, 2.75) is 61.5 Å². The summed E-state index contributed by atoms with van der Waals surface area (Å²) in [4.78, 5) is -1.36. The van der Waals surface area contributed by atoms with Crippen LogP contribution in [0.2, 0.25) is 0 Å². The van der Waals surface area contributed by atoms with E-state index in [4.69, 9.17) is 46.9 Å². The van der Waals surface area contributed by atoms with Gasteiger partial charge in [-0.05, 0) is 22.3 Å². The first-order valence-corrected chi connectivity index (χ1v) is 15.2. The van der Waals surface area contributed by atoms with E-state index >= 15 is 0 Å². The SMILES string of the molecule is OC1(C(Cl)Cl)O[C@H](COCc2ccccc2)[C@@H](OCc2ccccc2)[C@H](OCc2ccccc2)[C@H]1OCc1ccccc1. The molecule has 4 aromatic carbocycles. The van der Waals surface area contributed by atoms with E-state index in [2.05, 4.69) is 0 Å². The predicted molar refractivity (Wildman–Crippen MR) is 166 cm³/mol. The normalized spacial score (nSPS) is 23.8. The molecule has 4 aromatic rings. The van der Waals surface area contributed by atoms with E-state index < -0.39 is 35.0 Å². The zero-order valence-electron chi connectivity index (χ0n) is 23.7. The van der Waals surface area contributed by atoms with Gasteiger partial charge >= 0.3 is 0 Å². The second-order valence-corrected chi connectivity index (χ2v) is 11.5. The minimum atomic E-state index is -2.12. The Kier molecular flexibility index (Phi) is 11.6. The lowest BCUT2D eigenvalue weighted by atomic mass is 9.92. The van der Waals surface area contributed by atoms with Gasteiger partial charge < -0.3 is 28.8 Å². The number of alkyl halides is 2. The van der Waals surface area contributed by atoms with E-state index in [9.17, 15) is 5.11 Å². The van der Waals surface area contributed by atoms with Crippen LogP contribution in [0.15, 0.2) is 121 Å². The fraction of sp³-hybridized carbons (Fsp3) is 0.314. The maximum Gasteiger partial charge on any atom is 0.226 e. The maximum absolute atomic E-state index is 11.9. The molecule has 5 rings (SSSR count). The van der Waals surface area contributed by atoms with Crippen molar-refractivity contribution in [1.82, 2.24) is 0 Å². The highest BCUT2D eigenvalue weighted by atomic mass is 35.5. The van der Waals surface area contributed by atoms with Gasteiger partial charge in [0.15, 0.2) is 4.84 Å². The fourth-order valence-corrected chi connectivity index (χ4v) is 5.41. The van der Waals surface area contributed by atoms with Crippen molar-refractivity contribution in [3.63, 3.8) is 0 Å². The van der Waals surface area contributed by atoms with Crippen LogP contribution in [0, 0.1) is 0 Å². The summed E-state index contributed by atoms with van der Waals surface area (Å²) in [6.45, 7) is 1.13. The Morgan fingerprint density at radius 2 is 0.977 bits per heavy atom. The van der Waals surface area contributed by atoms with Gasteiger partial charge in [-0.15, -0.1) is 0 Å². The third-order valence-corrected chi connectivity index (χ3v) is 7.91. The van der Waals surface area contributed by atoms with Crippen LogP contribution in [-0.4, -0.2) is 46.8 Å². The zero-order valence-corrected chi connectivity index (χ0v) is 25.2. The number of ether oxygens (including phenoxy) is 5. The minimum Gasteiger partial charge on any atom is -0.374 e. The van der Waals surface area contributed by atoms with E-state index in [1.807, 2.05) is 121 Å². The number of hydrogen-bond acceptors (Lipinski definition) is 6. The van der Waals surface area contributed by atoms with Crippen molar-refractivity contribution < 1.29 is 28.8 Å². The van der Waals surface area contributed by atoms with Crippen molar-refractivity contribution >= 4 is 23.2 Å². The number of rotatable bonds is 14. The van der Waals surface area contributed by atoms with Gasteiger partial charge in [-0.1, -0.05) is 145 Å². The number of halogens is 2. The summed E-state index contributed by atoms with van der Waals surface area (Å²) in [6.07, 6.45) is -3.40. The smallest absolute Gasteiger partial charge is 0.226 e. The van der Waals surface area contributed by atoms with Crippen LogP contribution in [0.1, 0.15) is 22.3 Å². The molecule has 1 aliphatic heterocycles. The first-order valence-electron chi connectivity index (χ1n) is 14.3. The highest BCUT2D eigenvalue weighted by Gasteiger charge is 2.59. The zero-order chi connectivity index (χ0) is 29.9. The molecule has 1 saturated heterocycles. The summed E-state index contributed by atoms with van der Waals surface area (Å²) in [5, 5.41) is 11.9. The predicted octanol–water partition coefficient (Wildman–Crippen LogP) is 6.85. The minimum absolute atomic E-state index is 0.0910. The van der Waals surface area contributed by atoms with Crippen LogP contribution in [0.5, 0.6) is 0 Å². The molecule has 226 valence electrons. The van der Waals surface area contributed by atoms with Crippen LogP contribution in [0.4, 0.5) is 0 Å². The molecular weight excluding hydrogens is 587 g/mol. The molecule has 1 N–H and O–H groups in total. The summed E-state index contributed by atoms with van der Waals surface area (Å²) < 4.78 is 31.8. The molecule has 1 heterocycles. The van der Waals surface area contributed by atoms with Crippen molar-refractivity contribution in [3.8, 4) is 0 Å². The lowest BCUT2D eigenvalue weighted by molar-refractivity contribution is -0.365. The molecule has 8 heteroatoms. The average Bonchev–Trinajstić information content (AvgIpc) is 3.04. The molecule has 1 unspecified atom stereocenters. The first-order chi connectivity index (χ1) is 21.0. The monoisotopic (exact) mass is 622 g/mol. The van der Waals surface area contributed by atoms with Gasteiger partial charge in [0.1, 0.15) is 24.4 Å². The van der Waals surface area contributed by atoms with Crippen LogP contribution < -0.4 is 0 Å². The Bertz CT molecular complexity index is 1350. The van der Waals surface area contributed by atoms with Gasteiger partial charge in [0, 0.05) is 0 Å². The largest absolute Gasteiger partial charge is 0.374 e.